The third kappa shape index (κ3) is 4.83. The van der Waals surface area contributed by atoms with Crippen LogP contribution in [0.1, 0.15) is 42.6 Å². The Morgan fingerprint density at radius 2 is 2.05 bits per heavy atom. The van der Waals surface area contributed by atoms with Crippen molar-refractivity contribution in [1.29, 1.82) is 0 Å². The van der Waals surface area contributed by atoms with E-state index in [4.69, 9.17) is 4.74 Å². The van der Waals surface area contributed by atoms with Crippen LogP contribution in [-0.2, 0) is 16.0 Å². The standard InChI is InChI=1S/C17H24N2O2S/c1-12-15(13(2)19-17(18-12)22-3)9-10-16(20)21-11-14-7-5-4-6-8-14/h4-5,14H,6-11H2,1-3H3. The summed E-state index contributed by atoms with van der Waals surface area (Å²) in [4.78, 5) is 20.8. The highest BCUT2D eigenvalue weighted by molar-refractivity contribution is 7.98. The summed E-state index contributed by atoms with van der Waals surface area (Å²) in [5, 5.41) is 0.784. The average molecular weight is 320 g/mol. The Morgan fingerprint density at radius 3 is 2.64 bits per heavy atom. The fraction of sp³-hybridized carbons (Fsp3) is 0.588. The van der Waals surface area contributed by atoms with Crippen LogP contribution in [0.25, 0.3) is 0 Å². The van der Waals surface area contributed by atoms with Crippen molar-refractivity contribution in [2.24, 2.45) is 5.92 Å². The van der Waals surface area contributed by atoms with Crippen LogP contribution in [0.3, 0.4) is 0 Å². The lowest BCUT2D eigenvalue weighted by Gasteiger charge is -2.17. The predicted molar refractivity (Wildman–Crippen MR) is 89.0 cm³/mol. The van der Waals surface area contributed by atoms with E-state index >= 15 is 0 Å². The number of nitrogens with zero attached hydrogens (tertiary/aromatic N) is 2. The van der Waals surface area contributed by atoms with Crippen molar-refractivity contribution in [2.45, 2.75) is 51.1 Å². The molecule has 0 aromatic carbocycles. The molecule has 0 bridgehead atoms. The van der Waals surface area contributed by atoms with Gasteiger partial charge in [-0.25, -0.2) is 9.97 Å². The number of carbonyl (C=O) groups excluding carboxylic acids is 1. The van der Waals surface area contributed by atoms with Crippen LogP contribution in [0, 0.1) is 19.8 Å². The maximum atomic E-state index is 11.9. The second kappa shape index (κ2) is 8.32. The molecule has 120 valence electrons. The van der Waals surface area contributed by atoms with Crippen LogP contribution in [0.15, 0.2) is 17.3 Å². The largest absolute Gasteiger partial charge is 0.465 e. The van der Waals surface area contributed by atoms with Crippen molar-refractivity contribution in [3.8, 4) is 0 Å². The van der Waals surface area contributed by atoms with E-state index in [1.165, 1.54) is 11.8 Å². The Morgan fingerprint density at radius 1 is 1.32 bits per heavy atom. The number of esters is 1. The summed E-state index contributed by atoms with van der Waals surface area (Å²) in [5.74, 6) is 0.365. The lowest BCUT2D eigenvalue weighted by atomic mass is 9.95. The van der Waals surface area contributed by atoms with Gasteiger partial charge < -0.3 is 4.74 Å². The van der Waals surface area contributed by atoms with Crippen molar-refractivity contribution < 1.29 is 9.53 Å². The monoisotopic (exact) mass is 320 g/mol. The Labute approximate surface area is 136 Å². The summed E-state index contributed by atoms with van der Waals surface area (Å²) < 4.78 is 5.41. The lowest BCUT2D eigenvalue weighted by molar-refractivity contribution is -0.145. The maximum absolute atomic E-state index is 11.9. The first-order valence-corrected chi connectivity index (χ1v) is 9.01. The van der Waals surface area contributed by atoms with E-state index in [9.17, 15) is 4.79 Å². The number of rotatable bonds is 6. The fourth-order valence-electron chi connectivity index (χ4n) is 2.68. The second-order valence-corrected chi connectivity index (χ2v) is 6.47. The summed E-state index contributed by atoms with van der Waals surface area (Å²) >= 11 is 1.53. The van der Waals surface area contributed by atoms with Crippen molar-refractivity contribution in [1.82, 2.24) is 9.97 Å². The zero-order chi connectivity index (χ0) is 15.9. The van der Waals surface area contributed by atoms with Gasteiger partial charge in [0.25, 0.3) is 0 Å². The van der Waals surface area contributed by atoms with Crippen LogP contribution in [0.5, 0.6) is 0 Å². The molecule has 1 aliphatic carbocycles. The number of hydrogen-bond donors (Lipinski definition) is 0. The smallest absolute Gasteiger partial charge is 0.306 e. The van der Waals surface area contributed by atoms with Gasteiger partial charge in [-0.15, -0.1) is 0 Å². The summed E-state index contributed by atoms with van der Waals surface area (Å²) in [7, 11) is 0. The van der Waals surface area contributed by atoms with Gasteiger partial charge in [0.2, 0.25) is 0 Å². The average Bonchev–Trinajstić information content (AvgIpc) is 2.52. The zero-order valence-electron chi connectivity index (χ0n) is 13.6. The van der Waals surface area contributed by atoms with Gasteiger partial charge in [0, 0.05) is 17.8 Å². The minimum atomic E-state index is -0.123. The van der Waals surface area contributed by atoms with Crippen LogP contribution >= 0.6 is 11.8 Å². The summed E-state index contributed by atoms with van der Waals surface area (Å²) in [6.07, 6.45) is 10.6. The first-order valence-electron chi connectivity index (χ1n) is 7.79. The van der Waals surface area contributed by atoms with Crippen LogP contribution in [0.4, 0.5) is 0 Å². The fourth-order valence-corrected chi connectivity index (χ4v) is 3.14. The number of ether oxygens (including phenoxy) is 1. The third-order valence-electron chi connectivity index (χ3n) is 4.02. The van der Waals surface area contributed by atoms with Crippen molar-refractivity contribution in [2.75, 3.05) is 12.9 Å². The molecule has 22 heavy (non-hydrogen) atoms. The van der Waals surface area contributed by atoms with E-state index in [1.807, 2.05) is 20.1 Å². The number of allylic oxidation sites excluding steroid dienone is 2. The van der Waals surface area contributed by atoms with E-state index < -0.39 is 0 Å². The van der Waals surface area contributed by atoms with Gasteiger partial charge in [0.1, 0.15) is 0 Å². The molecule has 1 aromatic rings. The van der Waals surface area contributed by atoms with E-state index in [0.29, 0.717) is 25.4 Å². The van der Waals surface area contributed by atoms with Gasteiger partial charge in [-0.2, -0.15) is 0 Å². The minimum absolute atomic E-state index is 0.123. The molecule has 0 aliphatic heterocycles. The molecule has 1 heterocycles. The zero-order valence-corrected chi connectivity index (χ0v) is 14.4. The van der Waals surface area contributed by atoms with Crippen molar-refractivity contribution in [3.05, 3.63) is 29.1 Å². The lowest BCUT2D eigenvalue weighted by Crippen LogP contribution is -2.16. The molecule has 0 spiro atoms. The maximum Gasteiger partial charge on any atom is 0.306 e. The Bertz CT molecular complexity index is 535. The minimum Gasteiger partial charge on any atom is -0.465 e. The molecule has 2 rings (SSSR count). The highest BCUT2D eigenvalue weighted by Crippen LogP contribution is 2.19. The second-order valence-electron chi connectivity index (χ2n) is 5.69. The number of aromatic nitrogens is 2. The van der Waals surface area contributed by atoms with Gasteiger partial charge in [0.15, 0.2) is 5.16 Å². The SMILES string of the molecule is CSc1nc(C)c(CCC(=O)OCC2CC=CCC2)c(C)n1. The molecule has 1 aromatic heterocycles. The van der Waals surface area contributed by atoms with E-state index in [1.54, 1.807) is 0 Å². The van der Waals surface area contributed by atoms with Crippen LogP contribution < -0.4 is 0 Å². The molecular weight excluding hydrogens is 296 g/mol. The molecule has 0 amide bonds. The van der Waals surface area contributed by atoms with Gasteiger partial charge in [-0.1, -0.05) is 23.9 Å². The highest BCUT2D eigenvalue weighted by Gasteiger charge is 2.14. The van der Waals surface area contributed by atoms with E-state index in [2.05, 4.69) is 22.1 Å². The molecule has 5 heteroatoms. The molecule has 0 radical (unpaired) electrons. The topological polar surface area (TPSA) is 52.1 Å². The summed E-state index contributed by atoms with van der Waals surface area (Å²) in [6, 6.07) is 0. The quantitative estimate of drug-likeness (QED) is 0.346. The van der Waals surface area contributed by atoms with Gasteiger partial charge in [0.05, 0.1) is 6.61 Å². The van der Waals surface area contributed by atoms with E-state index in [0.717, 1.165) is 41.4 Å². The Kier molecular flexibility index (Phi) is 6.43. The highest BCUT2D eigenvalue weighted by atomic mass is 32.2. The first-order chi connectivity index (χ1) is 10.6. The molecule has 0 N–H and O–H groups in total. The predicted octanol–water partition coefficient (Wildman–Crippen LogP) is 3.65. The van der Waals surface area contributed by atoms with Crippen molar-refractivity contribution in [3.63, 3.8) is 0 Å². The molecular formula is C17H24N2O2S. The van der Waals surface area contributed by atoms with Gasteiger partial charge >= 0.3 is 5.97 Å². The molecule has 0 saturated heterocycles. The van der Waals surface area contributed by atoms with Crippen LogP contribution in [0.2, 0.25) is 0 Å². The number of carbonyl (C=O) groups is 1. The third-order valence-corrected chi connectivity index (χ3v) is 4.57. The molecule has 4 nitrogen and oxygen atoms in total. The Hall–Kier alpha value is -1.36. The van der Waals surface area contributed by atoms with Gasteiger partial charge in [-0.3, -0.25) is 4.79 Å². The Balaban J connectivity index is 1.82. The van der Waals surface area contributed by atoms with Gasteiger partial charge in [-0.05, 0) is 57.3 Å². The van der Waals surface area contributed by atoms with Crippen LogP contribution in [-0.4, -0.2) is 28.8 Å². The number of thioether (sulfide) groups is 1. The number of aryl methyl sites for hydroxylation is 2. The molecule has 0 saturated carbocycles. The normalized spacial score (nSPS) is 17.5. The first kappa shape index (κ1) is 17.0. The molecule has 0 fully saturated rings. The number of hydrogen-bond acceptors (Lipinski definition) is 5. The molecule has 1 atom stereocenters. The molecule has 1 unspecified atom stereocenters. The van der Waals surface area contributed by atoms with Crippen molar-refractivity contribution >= 4 is 17.7 Å². The summed E-state index contributed by atoms with van der Waals surface area (Å²) in [5.41, 5.74) is 2.99. The summed E-state index contributed by atoms with van der Waals surface area (Å²) in [6.45, 7) is 4.50. The molecule has 1 aliphatic rings. The van der Waals surface area contributed by atoms with E-state index in [-0.39, 0.29) is 5.97 Å².